The summed E-state index contributed by atoms with van der Waals surface area (Å²) in [5.41, 5.74) is 5.10. The third-order valence-electron chi connectivity index (χ3n) is 2.14. The zero-order valence-electron chi connectivity index (χ0n) is 10.9. The van der Waals surface area contributed by atoms with E-state index in [1.807, 2.05) is 0 Å². The maximum absolute atomic E-state index is 8.45. The molecule has 0 atom stereocenters. The van der Waals surface area contributed by atoms with Crippen LogP contribution in [0.3, 0.4) is 0 Å². The molecule has 0 saturated carbocycles. The van der Waals surface area contributed by atoms with Crippen LogP contribution in [0.1, 0.15) is 46.0 Å². The summed E-state index contributed by atoms with van der Waals surface area (Å²) >= 11 is 0. The van der Waals surface area contributed by atoms with Gasteiger partial charge in [0.1, 0.15) is 0 Å². The van der Waals surface area contributed by atoms with Crippen LogP contribution in [0.5, 0.6) is 0 Å². The smallest absolute Gasteiger partial charge is 0.0431 e. The van der Waals surface area contributed by atoms with Crippen LogP contribution < -0.4 is 11.1 Å². The predicted octanol–water partition coefficient (Wildman–Crippen LogP) is 0.475. The Bertz CT molecular complexity index is 104. The van der Waals surface area contributed by atoms with Crippen LogP contribution in [-0.4, -0.2) is 54.8 Å². The molecule has 0 aromatic rings. The molecule has 5 nitrogen and oxygen atoms in total. The minimum absolute atomic E-state index is 0. The fourth-order valence-corrected chi connectivity index (χ4v) is 1.10. The van der Waals surface area contributed by atoms with Crippen molar-refractivity contribution in [2.24, 2.45) is 5.73 Å². The van der Waals surface area contributed by atoms with E-state index in [-0.39, 0.29) is 14.0 Å². The van der Waals surface area contributed by atoms with Crippen molar-refractivity contribution in [3.63, 3.8) is 0 Å². The summed E-state index contributed by atoms with van der Waals surface area (Å²) in [7, 11) is 0. The molecule has 0 fully saturated rings. The Morgan fingerprint density at radius 2 is 1.06 bits per heavy atom. The topological polar surface area (TPSA) is 98.7 Å². The highest BCUT2D eigenvalue weighted by Gasteiger charge is 1.87. The monoisotopic (exact) mass is 266 g/mol. The number of hydrogen-bond donors (Lipinski definition) is 5. The summed E-state index contributed by atoms with van der Waals surface area (Å²) in [5.74, 6) is 0. The van der Waals surface area contributed by atoms with Crippen molar-refractivity contribution in [1.82, 2.24) is 5.32 Å². The van der Waals surface area contributed by atoms with Gasteiger partial charge in [0.25, 0.3) is 0 Å². The highest BCUT2D eigenvalue weighted by atomic mass is 16.3. The van der Waals surface area contributed by atoms with Crippen LogP contribution in [0.15, 0.2) is 0 Å². The second-order valence-corrected chi connectivity index (χ2v) is 3.83. The van der Waals surface area contributed by atoms with Gasteiger partial charge in [-0.3, -0.25) is 0 Å². The van der Waals surface area contributed by atoms with Gasteiger partial charge in [0.2, 0.25) is 0 Å². The van der Waals surface area contributed by atoms with E-state index in [4.69, 9.17) is 21.1 Å². The average molecular weight is 266 g/mol. The van der Waals surface area contributed by atoms with Gasteiger partial charge in [-0.1, -0.05) is 7.43 Å². The highest BCUT2D eigenvalue weighted by Crippen LogP contribution is 1.86. The number of aliphatic hydroxyl groups is 3. The molecule has 0 unspecified atom stereocenters. The first kappa shape index (κ1) is 22.9. The summed E-state index contributed by atoms with van der Waals surface area (Å²) in [5, 5.41) is 28.3. The van der Waals surface area contributed by atoms with Gasteiger partial charge in [0.15, 0.2) is 0 Å². The van der Waals surface area contributed by atoms with E-state index in [0.29, 0.717) is 19.8 Å². The van der Waals surface area contributed by atoms with Gasteiger partial charge in [-0.2, -0.15) is 0 Å². The SMILES string of the molecule is C.NCCCCO.OCCCCNCCCCO. The Balaban J connectivity index is -0.000000277. The molecule has 0 rings (SSSR count). The van der Waals surface area contributed by atoms with E-state index in [2.05, 4.69) is 5.32 Å². The second kappa shape index (κ2) is 25.6. The largest absolute Gasteiger partial charge is 0.396 e. The number of nitrogens with two attached hydrogens (primary N) is 1. The van der Waals surface area contributed by atoms with Crippen molar-refractivity contribution in [3.05, 3.63) is 0 Å². The third kappa shape index (κ3) is 29.7. The molecular formula is C13H34N2O3. The van der Waals surface area contributed by atoms with Gasteiger partial charge in [-0.15, -0.1) is 0 Å². The van der Waals surface area contributed by atoms with Gasteiger partial charge in [-0.05, 0) is 58.2 Å². The van der Waals surface area contributed by atoms with Crippen LogP contribution in [0, 0.1) is 0 Å². The van der Waals surface area contributed by atoms with Gasteiger partial charge in [0, 0.05) is 19.8 Å². The number of hydrogen-bond acceptors (Lipinski definition) is 5. The molecule has 6 N–H and O–H groups in total. The average Bonchev–Trinajstić information content (AvgIpc) is 2.36. The molecule has 0 aliphatic carbocycles. The maximum Gasteiger partial charge on any atom is 0.0431 e. The summed E-state index contributed by atoms with van der Waals surface area (Å²) < 4.78 is 0. The van der Waals surface area contributed by atoms with E-state index in [9.17, 15) is 0 Å². The number of nitrogens with one attached hydrogen (secondary N) is 1. The summed E-state index contributed by atoms with van der Waals surface area (Å²) in [6.07, 6.45) is 5.62. The number of unbranched alkanes of at least 4 members (excludes halogenated alkanes) is 3. The molecule has 0 amide bonds. The fourth-order valence-electron chi connectivity index (χ4n) is 1.10. The molecule has 114 valence electrons. The Labute approximate surface area is 112 Å². The summed E-state index contributed by atoms with van der Waals surface area (Å²) in [6, 6.07) is 0. The van der Waals surface area contributed by atoms with Crippen molar-refractivity contribution in [2.45, 2.75) is 46.0 Å². The Morgan fingerprint density at radius 1 is 0.667 bits per heavy atom. The van der Waals surface area contributed by atoms with E-state index < -0.39 is 0 Å². The first-order valence-corrected chi connectivity index (χ1v) is 6.56. The van der Waals surface area contributed by atoms with Crippen LogP contribution in [0.2, 0.25) is 0 Å². The Kier molecular flexibility index (Phi) is 32.6. The van der Waals surface area contributed by atoms with E-state index in [1.165, 1.54) is 0 Å². The van der Waals surface area contributed by atoms with Gasteiger partial charge in [-0.25, -0.2) is 0 Å². The van der Waals surface area contributed by atoms with Gasteiger partial charge in [0.05, 0.1) is 0 Å². The minimum atomic E-state index is 0. The molecule has 0 aromatic carbocycles. The quantitative estimate of drug-likeness (QED) is 0.350. The van der Waals surface area contributed by atoms with Gasteiger partial charge < -0.3 is 26.4 Å². The number of aliphatic hydroxyl groups excluding tert-OH is 3. The molecule has 0 bridgehead atoms. The number of rotatable bonds is 11. The van der Waals surface area contributed by atoms with Crippen LogP contribution in [0.4, 0.5) is 0 Å². The summed E-state index contributed by atoms with van der Waals surface area (Å²) in [4.78, 5) is 0. The molecular weight excluding hydrogens is 232 g/mol. The molecule has 0 spiro atoms. The molecule has 0 heterocycles. The fraction of sp³-hybridized carbons (Fsp3) is 1.00. The first-order chi connectivity index (χ1) is 8.33. The molecule has 0 aliphatic rings. The first-order valence-electron chi connectivity index (χ1n) is 6.56. The lowest BCUT2D eigenvalue weighted by Gasteiger charge is -2.01. The Morgan fingerprint density at radius 3 is 1.33 bits per heavy atom. The second-order valence-electron chi connectivity index (χ2n) is 3.83. The van der Waals surface area contributed by atoms with Crippen molar-refractivity contribution >= 4 is 0 Å². The normalized spacial score (nSPS) is 9.33. The molecule has 0 radical (unpaired) electrons. The Hall–Kier alpha value is -0.200. The zero-order valence-corrected chi connectivity index (χ0v) is 10.9. The lowest BCUT2D eigenvalue weighted by atomic mass is 10.3. The van der Waals surface area contributed by atoms with Crippen molar-refractivity contribution in [2.75, 3.05) is 39.5 Å². The van der Waals surface area contributed by atoms with Gasteiger partial charge >= 0.3 is 0 Å². The minimum Gasteiger partial charge on any atom is -0.396 e. The maximum atomic E-state index is 8.45. The summed E-state index contributed by atoms with van der Waals surface area (Å²) in [6.45, 7) is 3.51. The van der Waals surface area contributed by atoms with E-state index in [0.717, 1.165) is 51.6 Å². The van der Waals surface area contributed by atoms with E-state index in [1.54, 1.807) is 0 Å². The van der Waals surface area contributed by atoms with E-state index >= 15 is 0 Å². The zero-order chi connectivity index (χ0) is 13.2. The lowest BCUT2D eigenvalue weighted by molar-refractivity contribution is 0.280. The lowest BCUT2D eigenvalue weighted by Crippen LogP contribution is -2.17. The van der Waals surface area contributed by atoms with Crippen molar-refractivity contribution < 1.29 is 15.3 Å². The molecule has 0 aliphatic heterocycles. The molecule has 0 aromatic heterocycles. The van der Waals surface area contributed by atoms with Crippen LogP contribution in [0.25, 0.3) is 0 Å². The third-order valence-corrected chi connectivity index (χ3v) is 2.14. The predicted molar refractivity (Wildman–Crippen MR) is 77.6 cm³/mol. The molecule has 18 heavy (non-hydrogen) atoms. The molecule has 5 heteroatoms. The molecule has 0 saturated heterocycles. The standard InChI is InChI=1S/C8H19NO2.C4H11NO.CH4/c10-7-3-1-5-9-6-2-4-8-11;5-3-1-2-4-6;/h9-11H,1-8H2;6H,1-5H2;1H4. The van der Waals surface area contributed by atoms with Crippen molar-refractivity contribution in [1.29, 1.82) is 0 Å². The highest BCUT2D eigenvalue weighted by molar-refractivity contribution is 4.48. The van der Waals surface area contributed by atoms with Crippen molar-refractivity contribution in [3.8, 4) is 0 Å². The van der Waals surface area contributed by atoms with Crippen LogP contribution in [-0.2, 0) is 0 Å². The van der Waals surface area contributed by atoms with Crippen LogP contribution >= 0.6 is 0 Å².